The van der Waals surface area contributed by atoms with Crippen LogP contribution in [0.15, 0.2) is 57.9 Å². The molecule has 0 saturated heterocycles. The number of nitrogens with one attached hydrogen (secondary N) is 1. The van der Waals surface area contributed by atoms with Gasteiger partial charge in [-0.1, -0.05) is 28.1 Å². The highest BCUT2D eigenvalue weighted by Crippen LogP contribution is 2.26. The van der Waals surface area contributed by atoms with E-state index in [0.717, 1.165) is 9.37 Å². The second-order valence-corrected chi connectivity index (χ2v) is 8.14. The highest BCUT2D eigenvalue weighted by molar-refractivity contribution is 9.10. The third kappa shape index (κ3) is 6.29. The van der Waals surface area contributed by atoms with Crippen molar-refractivity contribution in [2.45, 2.75) is 24.0 Å². The van der Waals surface area contributed by atoms with Crippen LogP contribution in [0.3, 0.4) is 0 Å². The van der Waals surface area contributed by atoms with Crippen LogP contribution in [-0.2, 0) is 9.59 Å². The standard InChI is InChI=1S/C20H23BrN2O3S/c1-4-23(13-19(24)22-17-7-5-6-8-18(17)26-3)20(25)14(2)27-16-11-9-15(21)10-12-16/h5-12,14H,4,13H2,1-3H3,(H,22,24). The number of methoxy groups -OCH3 is 1. The summed E-state index contributed by atoms with van der Waals surface area (Å²) in [6.07, 6.45) is 0. The molecule has 1 N–H and O–H groups in total. The predicted octanol–water partition coefficient (Wildman–Crippen LogP) is 4.43. The molecule has 0 aliphatic carbocycles. The number of halogens is 1. The van der Waals surface area contributed by atoms with E-state index in [0.29, 0.717) is 18.0 Å². The van der Waals surface area contributed by atoms with E-state index >= 15 is 0 Å². The van der Waals surface area contributed by atoms with Crippen LogP contribution in [-0.4, -0.2) is 42.2 Å². The van der Waals surface area contributed by atoms with Crippen LogP contribution in [0.5, 0.6) is 5.75 Å². The fraction of sp³-hybridized carbons (Fsp3) is 0.300. The van der Waals surface area contributed by atoms with Crippen molar-refractivity contribution in [1.29, 1.82) is 0 Å². The van der Waals surface area contributed by atoms with Crippen molar-refractivity contribution in [1.82, 2.24) is 4.90 Å². The minimum atomic E-state index is -0.287. The van der Waals surface area contributed by atoms with Crippen LogP contribution in [0.25, 0.3) is 0 Å². The molecule has 2 amide bonds. The molecule has 0 aliphatic heterocycles. The third-order valence-corrected chi connectivity index (χ3v) is 5.51. The van der Waals surface area contributed by atoms with Gasteiger partial charge >= 0.3 is 0 Å². The summed E-state index contributed by atoms with van der Waals surface area (Å²) in [5.74, 6) is 0.260. The lowest BCUT2D eigenvalue weighted by molar-refractivity contribution is -0.133. The van der Waals surface area contributed by atoms with Gasteiger partial charge in [0, 0.05) is 15.9 Å². The lowest BCUT2D eigenvalue weighted by Gasteiger charge is -2.24. The monoisotopic (exact) mass is 450 g/mol. The maximum Gasteiger partial charge on any atom is 0.244 e. The van der Waals surface area contributed by atoms with Crippen LogP contribution in [0.2, 0.25) is 0 Å². The van der Waals surface area contributed by atoms with Crippen molar-refractivity contribution in [3.05, 3.63) is 53.0 Å². The molecule has 7 heteroatoms. The van der Waals surface area contributed by atoms with Crippen molar-refractivity contribution < 1.29 is 14.3 Å². The van der Waals surface area contributed by atoms with Crippen molar-refractivity contribution in [3.63, 3.8) is 0 Å². The summed E-state index contributed by atoms with van der Waals surface area (Å²) in [5, 5.41) is 2.52. The molecular weight excluding hydrogens is 428 g/mol. The second kappa shape index (κ2) is 10.4. The number of carbonyl (C=O) groups excluding carboxylic acids is 2. The molecule has 2 aromatic rings. The normalized spacial score (nSPS) is 11.6. The molecule has 0 heterocycles. The Morgan fingerprint density at radius 1 is 1.19 bits per heavy atom. The number of thioether (sulfide) groups is 1. The fourth-order valence-electron chi connectivity index (χ4n) is 2.48. The molecule has 1 atom stereocenters. The summed E-state index contributed by atoms with van der Waals surface area (Å²) >= 11 is 4.88. The number of benzene rings is 2. The van der Waals surface area contributed by atoms with E-state index in [1.54, 1.807) is 24.1 Å². The maximum atomic E-state index is 12.7. The molecule has 0 aliphatic rings. The van der Waals surface area contributed by atoms with Gasteiger partial charge in [-0.05, 0) is 50.2 Å². The Morgan fingerprint density at radius 2 is 1.85 bits per heavy atom. The van der Waals surface area contributed by atoms with Gasteiger partial charge in [-0.25, -0.2) is 0 Å². The average Bonchev–Trinajstić information content (AvgIpc) is 2.67. The van der Waals surface area contributed by atoms with Crippen molar-refractivity contribution in [2.75, 3.05) is 25.5 Å². The van der Waals surface area contributed by atoms with E-state index in [9.17, 15) is 9.59 Å². The number of para-hydroxylation sites is 2. The van der Waals surface area contributed by atoms with Crippen LogP contribution >= 0.6 is 27.7 Å². The Labute approximate surface area is 172 Å². The quantitative estimate of drug-likeness (QED) is 0.604. The number of amides is 2. The van der Waals surface area contributed by atoms with E-state index < -0.39 is 0 Å². The van der Waals surface area contributed by atoms with Gasteiger partial charge in [-0.2, -0.15) is 0 Å². The van der Waals surface area contributed by atoms with Crippen LogP contribution in [0, 0.1) is 0 Å². The Morgan fingerprint density at radius 3 is 2.48 bits per heavy atom. The fourth-order valence-corrected chi connectivity index (χ4v) is 3.70. The minimum absolute atomic E-state index is 0.00137. The molecule has 0 radical (unpaired) electrons. The number of hydrogen-bond acceptors (Lipinski definition) is 4. The minimum Gasteiger partial charge on any atom is -0.495 e. The van der Waals surface area contributed by atoms with Gasteiger partial charge in [-0.3, -0.25) is 9.59 Å². The van der Waals surface area contributed by atoms with E-state index in [2.05, 4.69) is 21.2 Å². The third-order valence-electron chi connectivity index (χ3n) is 3.88. The lowest BCUT2D eigenvalue weighted by Crippen LogP contribution is -2.41. The largest absolute Gasteiger partial charge is 0.495 e. The number of rotatable bonds is 8. The van der Waals surface area contributed by atoms with Crippen LogP contribution in [0.4, 0.5) is 5.69 Å². The van der Waals surface area contributed by atoms with Gasteiger partial charge in [0.05, 0.1) is 24.6 Å². The summed E-state index contributed by atoms with van der Waals surface area (Å²) in [6, 6.07) is 15.0. The van der Waals surface area contributed by atoms with Gasteiger partial charge in [0.2, 0.25) is 11.8 Å². The second-order valence-electron chi connectivity index (χ2n) is 5.81. The number of likely N-dealkylation sites (N-methyl/N-ethyl adjacent to an activating group) is 1. The first-order valence-corrected chi connectivity index (χ1v) is 10.3. The molecule has 144 valence electrons. The van der Waals surface area contributed by atoms with E-state index in [4.69, 9.17) is 4.74 Å². The Bertz CT molecular complexity index is 783. The zero-order chi connectivity index (χ0) is 19.8. The first-order chi connectivity index (χ1) is 12.9. The molecule has 0 saturated carbocycles. The topological polar surface area (TPSA) is 58.6 Å². The first-order valence-electron chi connectivity index (χ1n) is 8.58. The Kier molecular flexibility index (Phi) is 8.19. The van der Waals surface area contributed by atoms with E-state index in [-0.39, 0.29) is 23.6 Å². The lowest BCUT2D eigenvalue weighted by atomic mass is 10.3. The SMILES string of the molecule is CCN(CC(=O)Nc1ccccc1OC)C(=O)C(C)Sc1ccc(Br)cc1. The Hall–Kier alpha value is -1.99. The molecular formula is C20H23BrN2O3S. The zero-order valence-corrected chi connectivity index (χ0v) is 18.0. The van der Waals surface area contributed by atoms with E-state index in [1.165, 1.54) is 11.8 Å². The summed E-state index contributed by atoms with van der Waals surface area (Å²) in [7, 11) is 1.55. The van der Waals surface area contributed by atoms with E-state index in [1.807, 2.05) is 50.2 Å². The zero-order valence-electron chi connectivity index (χ0n) is 15.6. The molecule has 2 rings (SSSR count). The molecule has 27 heavy (non-hydrogen) atoms. The van der Waals surface area contributed by atoms with Gasteiger partial charge in [0.1, 0.15) is 5.75 Å². The molecule has 0 bridgehead atoms. The molecule has 5 nitrogen and oxygen atoms in total. The van der Waals surface area contributed by atoms with Crippen LogP contribution < -0.4 is 10.1 Å². The maximum absolute atomic E-state index is 12.7. The summed E-state index contributed by atoms with van der Waals surface area (Å²) < 4.78 is 6.23. The van der Waals surface area contributed by atoms with Gasteiger partial charge in [0.15, 0.2) is 0 Å². The Balaban J connectivity index is 1.97. The molecule has 0 spiro atoms. The number of carbonyl (C=O) groups is 2. The first kappa shape index (κ1) is 21.3. The summed E-state index contributed by atoms with van der Waals surface area (Å²) in [4.78, 5) is 27.7. The molecule has 0 fully saturated rings. The van der Waals surface area contributed by atoms with Gasteiger partial charge in [-0.15, -0.1) is 11.8 Å². The highest BCUT2D eigenvalue weighted by Gasteiger charge is 2.22. The number of ether oxygens (including phenoxy) is 1. The highest BCUT2D eigenvalue weighted by atomic mass is 79.9. The van der Waals surface area contributed by atoms with Crippen molar-refractivity contribution in [2.24, 2.45) is 0 Å². The van der Waals surface area contributed by atoms with Crippen molar-refractivity contribution >= 4 is 45.2 Å². The predicted molar refractivity (Wildman–Crippen MR) is 113 cm³/mol. The smallest absolute Gasteiger partial charge is 0.244 e. The van der Waals surface area contributed by atoms with Crippen molar-refractivity contribution in [3.8, 4) is 5.75 Å². The van der Waals surface area contributed by atoms with Gasteiger partial charge in [0.25, 0.3) is 0 Å². The molecule has 2 aromatic carbocycles. The average molecular weight is 451 g/mol. The number of nitrogens with zero attached hydrogens (tertiary/aromatic N) is 1. The van der Waals surface area contributed by atoms with Gasteiger partial charge < -0.3 is 15.0 Å². The number of hydrogen-bond donors (Lipinski definition) is 1. The molecule has 0 aromatic heterocycles. The summed E-state index contributed by atoms with van der Waals surface area (Å²) in [6.45, 7) is 4.18. The summed E-state index contributed by atoms with van der Waals surface area (Å²) in [5.41, 5.74) is 0.589. The van der Waals surface area contributed by atoms with Crippen LogP contribution in [0.1, 0.15) is 13.8 Å². The molecule has 1 unspecified atom stereocenters. The number of anilines is 1.